The van der Waals surface area contributed by atoms with Gasteiger partial charge >= 0.3 is 0 Å². The monoisotopic (exact) mass is 556 g/mol. The first-order valence-electron chi connectivity index (χ1n) is 17.4. The smallest absolute Gasteiger partial charge is 0.0337 e. The maximum Gasteiger partial charge on any atom is 0.0337 e. The molecule has 0 heteroatoms. The molecule has 0 aromatic rings. The van der Waals surface area contributed by atoms with Crippen LogP contribution in [-0.4, -0.2) is 0 Å². The zero-order chi connectivity index (χ0) is 29.6. The molecule has 42 heavy (non-hydrogen) atoms. The van der Waals surface area contributed by atoms with Crippen LogP contribution in [0.4, 0.5) is 0 Å². The fourth-order valence-electron chi connectivity index (χ4n) is 18.8. The Bertz CT molecular complexity index is 1320. The van der Waals surface area contributed by atoms with E-state index in [1.54, 1.807) is 0 Å². The van der Waals surface area contributed by atoms with Gasteiger partial charge in [0.15, 0.2) is 0 Å². The van der Waals surface area contributed by atoms with Gasteiger partial charge in [0.25, 0.3) is 0 Å². The van der Waals surface area contributed by atoms with Crippen molar-refractivity contribution in [2.24, 2.45) is 65.0 Å². The molecule has 0 aliphatic heterocycles. The third-order valence-electron chi connectivity index (χ3n) is 16.7. The van der Waals surface area contributed by atoms with Gasteiger partial charge in [0.2, 0.25) is 0 Å². The van der Waals surface area contributed by atoms with Crippen LogP contribution in [0.5, 0.6) is 0 Å². The van der Waals surface area contributed by atoms with E-state index in [2.05, 4.69) is 51.4 Å². The second kappa shape index (κ2) is 6.74. The van der Waals surface area contributed by atoms with E-state index in [1.165, 1.54) is 103 Å². The Labute approximate surface area is 257 Å². The lowest BCUT2D eigenvalue weighted by molar-refractivity contribution is -0.327. The van der Waals surface area contributed by atoms with E-state index in [1.807, 2.05) is 0 Å². The quantitative estimate of drug-likeness (QED) is 0.297. The second-order valence-corrected chi connectivity index (χ2v) is 21.2. The van der Waals surface area contributed by atoms with Crippen LogP contribution in [0.1, 0.15) is 143 Å². The van der Waals surface area contributed by atoms with E-state index in [9.17, 15) is 0 Å². The summed E-state index contributed by atoms with van der Waals surface area (Å²) in [5.41, 5.74) is 2.48. The fourth-order valence-corrected chi connectivity index (χ4v) is 18.8. The van der Waals surface area contributed by atoms with Crippen LogP contribution in [-0.2, 0) is 0 Å². The first-order chi connectivity index (χ1) is 19.5. The molecule has 0 N–H and O–H groups in total. The van der Waals surface area contributed by atoms with E-state index in [0.717, 1.165) is 12.8 Å². The van der Waals surface area contributed by atoms with Crippen molar-refractivity contribution in [1.29, 1.82) is 0 Å². The van der Waals surface area contributed by atoms with Crippen molar-refractivity contribution in [1.82, 2.24) is 0 Å². The Morgan fingerprint density at radius 1 is 0.286 bits per heavy atom. The SMILES string of the molecule is C#CC12CC3(C)CC(C#C)(C1)CC(C14CC5(C)CC(C)(C1)CC(C16CC7(C)CC(C#C)(CC(C#C)(C7)C1)C6)(C5)C4)(C3)C2. The largest absolute Gasteiger partial charge is 0.120 e. The highest BCUT2D eigenvalue weighted by atomic mass is 14.8. The fraction of sp³-hybridized carbons (Fsp3) is 0.810. The minimum Gasteiger partial charge on any atom is -0.120 e. The van der Waals surface area contributed by atoms with Crippen molar-refractivity contribution < 1.29 is 0 Å². The highest BCUT2D eigenvalue weighted by Gasteiger charge is 2.81. The first-order valence-corrected chi connectivity index (χ1v) is 17.4. The molecule has 12 bridgehead atoms. The number of hydrogen-bond donors (Lipinski definition) is 0. The Balaban J connectivity index is 1.25. The van der Waals surface area contributed by atoms with Crippen LogP contribution in [0.3, 0.4) is 0 Å². The molecular weight excluding hydrogens is 504 g/mol. The normalized spacial score (nSPS) is 65.9. The van der Waals surface area contributed by atoms with Crippen molar-refractivity contribution in [2.45, 2.75) is 143 Å². The highest BCUT2D eigenvalue weighted by molar-refractivity contribution is 5.36. The van der Waals surface area contributed by atoms with Crippen LogP contribution in [0.2, 0.25) is 0 Å². The third kappa shape index (κ3) is 2.86. The van der Waals surface area contributed by atoms with Gasteiger partial charge in [-0.25, -0.2) is 0 Å². The molecule has 4 atom stereocenters. The lowest BCUT2D eigenvalue weighted by Gasteiger charge is -2.83. The number of rotatable bonds is 2. The molecule has 0 heterocycles. The molecule has 0 aromatic heterocycles. The van der Waals surface area contributed by atoms with Gasteiger partial charge in [-0.2, -0.15) is 0 Å². The van der Waals surface area contributed by atoms with Crippen molar-refractivity contribution in [3.63, 3.8) is 0 Å². The summed E-state index contributed by atoms with van der Waals surface area (Å²) >= 11 is 0. The van der Waals surface area contributed by atoms with E-state index >= 15 is 0 Å². The molecule has 12 rings (SSSR count). The Hall–Kier alpha value is -1.76. The lowest BCUT2D eigenvalue weighted by Crippen LogP contribution is -2.74. The van der Waals surface area contributed by atoms with Crippen molar-refractivity contribution >= 4 is 0 Å². The zero-order valence-electron chi connectivity index (χ0n) is 27.0. The molecule has 12 aliphatic rings. The average molecular weight is 557 g/mol. The summed E-state index contributed by atoms with van der Waals surface area (Å²) in [5.74, 6) is 13.9. The molecule has 4 unspecified atom stereocenters. The highest BCUT2D eigenvalue weighted by Crippen LogP contribution is 2.89. The van der Waals surface area contributed by atoms with E-state index in [4.69, 9.17) is 25.7 Å². The van der Waals surface area contributed by atoms with Crippen molar-refractivity contribution in [3.8, 4) is 49.4 Å². The standard InChI is InChI=1S/C42H52/c1-9-35-14-33(7)15-36(10-2,24-35)27-41(22-33,26-35)39-18-31(5)13-32(6,19-39)21-40(20-31,30-39)42-23-34(8)16-37(11-3,28-42)25-38(12-4,17-34)29-42/h1-4H,13-30H2,5-8H3. The summed E-state index contributed by atoms with van der Waals surface area (Å²) in [6.07, 6.45) is 49.0. The predicted octanol–water partition coefficient (Wildman–Crippen LogP) is 9.58. The number of terminal acetylenes is 4. The summed E-state index contributed by atoms with van der Waals surface area (Å²) in [6, 6.07) is 0. The molecule has 0 radical (unpaired) electrons. The maximum absolute atomic E-state index is 6.55. The number of hydrogen-bond acceptors (Lipinski definition) is 0. The summed E-state index contributed by atoms with van der Waals surface area (Å²) in [6.45, 7) is 10.6. The zero-order valence-corrected chi connectivity index (χ0v) is 27.0. The van der Waals surface area contributed by atoms with E-state index in [0.29, 0.717) is 21.7 Å². The van der Waals surface area contributed by atoms with E-state index in [-0.39, 0.29) is 43.3 Å². The summed E-state index contributed by atoms with van der Waals surface area (Å²) in [7, 11) is 0. The molecule has 0 nitrogen and oxygen atoms in total. The van der Waals surface area contributed by atoms with Crippen LogP contribution >= 0.6 is 0 Å². The van der Waals surface area contributed by atoms with Crippen LogP contribution in [0.25, 0.3) is 0 Å². The molecule has 0 spiro atoms. The molecule has 0 aromatic carbocycles. The van der Waals surface area contributed by atoms with Crippen LogP contribution in [0.15, 0.2) is 0 Å². The third-order valence-corrected chi connectivity index (χ3v) is 16.7. The molecule has 12 saturated carbocycles. The van der Waals surface area contributed by atoms with Crippen LogP contribution < -0.4 is 0 Å². The molecule has 220 valence electrons. The van der Waals surface area contributed by atoms with Crippen molar-refractivity contribution in [2.75, 3.05) is 0 Å². The maximum atomic E-state index is 6.55. The second-order valence-electron chi connectivity index (χ2n) is 21.2. The minimum absolute atomic E-state index is 0.0105. The van der Waals surface area contributed by atoms with Gasteiger partial charge < -0.3 is 0 Å². The van der Waals surface area contributed by atoms with Crippen molar-refractivity contribution in [3.05, 3.63) is 0 Å². The summed E-state index contributed by atoms with van der Waals surface area (Å²) in [5, 5.41) is 0. The van der Waals surface area contributed by atoms with Gasteiger partial charge in [-0.3, -0.25) is 0 Å². The molecule has 0 saturated heterocycles. The summed E-state index contributed by atoms with van der Waals surface area (Å²) in [4.78, 5) is 0. The van der Waals surface area contributed by atoms with Gasteiger partial charge in [0.1, 0.15) is 0 Å². The van der Waals surface area contributed by atoms with Gasteiger partial charge in [-0.15, -0.1) is 25.7 Å². The van der Waals surface area contributed by atoms with Gasteiger partial charge in [-0.1, -0.05) is 51.4 Å². The molecule has 12 aliphatic carbocycles. The first kappa shape index (κ1) is 26.6. The Morgan fingerprint density at radius 3 is 0.786 bits per heavy atom. The lowest BCUT2D eigenvalue weighted by atomic mass is 9.21. The van der Waals surface area contributed by atoms with Gasteiger partial charge in [0, 0.05) is 21.7 Å². The molecular formula is C42H52. The summed E-state index contributed by atoms with van der Waals surface area (Å²) < 4.78 is 0. The topological polar surface area (TPSA) is 0 Å². The average Bonchev–Trinajstić information content (AvgIpc) is 2.84. The predicted molar refractivity (Wildman–Crippen MR) is 170 cm³/mol. The van der Waals surface area contributed by atoms with Gasteiger partial charge in [-0.05, 0) is 159 Å². The Morgan fingerprint density at radius 2 is 0.524 bits per heavy atom. The Kier molecular flexibility index (Phi) is 4.28. The van der Waals surface area contributed by atoms with Crippen LogP contribution in [0, 0.1) is 114 Å². The molecule has 0 amide bonds. The van der Waals surface area contributed by atoms with E-state index < -0.39 is 0 Å². The minimum atomic E-state index is -0.0105. The van der Waals surface area contributed by atoms with Gasteiger partial charge in [0.05, 0.1) is 0 Å². The molecule has 12 fully saturated rings.